The number of halogens is 1. The second-order valence-corrected chi connectivity index (χ2v) is 12.3. The van der Waals surface area contributed by atoms with Gasteiger partial charge in [0.05, 0.1) is 22.4 Å². The molecule has 5 rings (SSSR count). The van der Waals surface area contributed by atoms with Gasteiger partial charge in [-0.05, 0) is 78.6 Å². The van der Waals surface area contributed by atoms with Crippen molar-refractivity contribution in [2.75, 3.05) is 5.32 Å². The van der Waals surface area contributed by atoms with Crippen LogP contribution < -0.4 is 5.32 Å². The third-order valence-corrected chi connectivity index (χ3v) is 8.64. The zero-order valence-corrected chi connectivity index (χ0v) is 23.5. The fourth-order valence-electron chi connectivity index (χ4n) is 4.89. The highest BCUT2D eigenvalue weighted by Gasteiger charge is 2.33. The fraction of sp³-hybridized carbons (Fsp3) is 0.258. The number of fused-ring (bicyclic) bond motifs is 1. The molecule has 0 spiro atoms. The molecule has 6 nitrogen and oxygen atoms in total. The summed E-state index contributed by atoms with van der Waals surface area (Å²) >= 11 is 7.88. The molecule has 0 fully saturated rings. The standard InChI is InChI=1S/C31H29ClN2O4S/c1-31(2,3)19-10-12-22-26(16-19)39-29(27(22)28(35)34-20-7-5-4-6-8-20)33-17-21-11-14-25(38-21)23-15-18(30(36)37)9-13-24(23)32/h4-9,11,13-15,17,19H,10,12,16H2,1-3H3,(H,34,35)(H,36,37)/t19-/m1/s1. The summed E-state index contributed by atoms with van der Waals surface area (Å²) in [7, 11) is 0. The Kier molecular flexibility index (Phi) is 7.47. The fourth-order valence-corrected chi connectivity index (χ4v) is 6.37. The first-order valence-electron chi connectivity index (χ1n) is 12.8. The number of carboxylic acids is 1. The van der Waals surface area contributed by atoms with E-state index in [1.807, 2.05) is 30.3 Å². The van der Waals surface area contributed by atoms with E-state index in [1.54, 1.807) is 29.7 Å². The zero-order chi connectivity index (χ0) is 27.7. The van der Waals surface area contributed by atoms with Crippen molar-refractivity contribution in [1.29, 1.82) is 0 Å². The van der Waals surface area contributed by atoms with Gasteiger partial charge in [0.15, 0.2) is 0 Å². The number of benzene rings is 2. The van der Waals surface area contributed by atoms with Gasteiger partial charge in [0.2, 0.25) is 0 Å². The molecule has 2 heterocycles. The van der Waals surface area contributed by atoms with E-state index < -0.39 is 5.97 Å². The van der Waals surface area contributed by atoms with E-state index in [9.17, 15) is 14.7 Å². The van der Waals surface area contributed by atoms with Crippen molar-refractivity contribution >= 4 is 51.7 Å². The second kappa shape index (κ2) is 10.8. The summed E-state index contributed by atoms with van der Waals surface area (Å²) in [6, 6.07) is 17.4. The van der Waals surface area contributed by atoms with Gasteiger partial charge in [0.25, 0.3) is 5.91 Å². The van der Waals surface area contributed by atoms with E-state index >= 15 is 0 Å². The molecular weight excluding hydrogens is 532 g/mol. The quantitative estimate of drug-likeness (QED) is 0.231. The number of aromatic carboxylic acids is 1. The Labute approximate surface area is 236 Å². The van der Waals surface area contributed by atoms with Gasteiger partial charge < -0.3 is 14.8 Å². The molecule has 0 aliphatic heterocycles. The molecule has 0 radical (unpaired) electrons. The molecule has 200 valence electrons. The van der Waals surface area contributed by atoms with Gasteiger partial charge in [-0.1, -0.05) is 50.6 Å². The largest absolute Gasteiger partial charge is 0.478 e. The van der Waals surface area contributed by atoms with Gasteiger partial charge in [-0.25, -0.2) is 9.79 Å². The number of para-hydroxylation sites is 1. The van der Waals surface area contributed by atoms with Crippen molar-refractivity contribution in [3.63, 3.8) is 0 Å². The number of thiophene rings is 1. The lowest BCUT2D eigenvalue weighted by molar-refractivity contribution is 0.0696. The van der Waals surface area contributed by atoms with Crippen LogP contribution in [0.4, 0.5) is 10.7 Å². The Morgan fingerprint density at radius 1 is 1.13 bits per heavy atom. The summed E-state index contributed by atoms with van der Waals surface area (Å²) in [4.78, 5) is 30.8. The average molecular weight is 561 g/mol. The summed E-state index contributed by atoms with van der Waals surface area (Å²) in [5.41, 5.74) is 3.22. The summed E-state index contributed by atoms with van der Waals surface area (Å²) < 4.78 is 5.94. The number of hydrogen-bond acceptors (Lipinski definition) is 5. The van der Waals surface area contributed by atoms with Crippen LogP contribution >= 0.6 is 22.9 Å². The van der Waals surface area contributed by atoms with E-state index in [1.165, 1.54) is 23.1 Å². The van der Waals surface area contributed by atoms with Crippen LogP contribution in [-0.2, 0) is 12.8 Å². The monoisotopic (exact) mass is 560 g/mol. The van der Waals surface area contributed by atoms with Crippen molar-refractivity contribution in [3.05, 3.63) is 93.0 Å². The first-order chi connectivity index (χ1) is 18.6. The van der Waals surface area contributed by atoms with E-state index in [4.69, 9.17) is 21.0 Å². The average Bonchev–Trinajstić information content (AvgIpc) is 3.51. The molecule has 0 unspecified atom stereocenters. The summed E-state index contributed by atoms with van der Waals surface area (Å²) in [6.45, 7) is 6.81. The Bertz CT molecular complexity index is 1560. The van der Waals surface area contributed by atoms with E-state index in [0.29, 0.717) is 38.6 Å². The molecule has 1 aliphatic rings. The van der Waals surface area contributed by atoms with E-state index in [2.05, 4.69) is 26.1 Å². The third-order valence-electron chi connectivity index (χ3n) is 7.14. The summed E-state index contributed by atoms with van der Waals surface area (Å²) in [5, 5.41) is 13.4. The highest BCUT2D eigenvalue weighted by atomic mass is 35.5. The lowest BCUT2D eigenvalue weighted by Gasteiger charge is -2.33. The van der Waals surface area contributed by atoms with Gasteiger partial charge in [-0.3, -0.25) is 4.79 Å². The molecule has 1 aliphatic carbocycles. The smallest absolute Gasteiger partial charge is 0.335 e. The number of carbonyl (C=O) groups is 2. The van der Waals surface area contributed by atoms with Crippen LogP contribution in [0.1, 0.15) is 64.1 Å². The number of nitrogens with zero attached hydrogens (tertiary/aromatic N) is 1. The normalized spacial score (nSPS) is 15.3. The molecule has 4 aromatic rings. The highest BCUT2D eigenvalue weighted by Crippen LogP contribution is 2.45. The van der Waals surface area contributed by atoms with Crippen molar-refractivity contribution in [1.82, 2.24) is 0 Å². The number of nitrogens with one attached hydrogen (secondary N) is 1. The Hall–Kier alpha value is -3.68. The number of anilines is 1. The maximum atomic E-state index is 13.5. The molecule has 1 amide bonds. The van der Waals surface area contributed by atoms with Crippen molar-refractivity contribution in [2.24, 2.45) is 16.3 Å². The molecular formula is C31H29ClN2O4S. The number of hydrogen-bond donors (Lipinski definition) is 2. The SMILES string of the molecule is CC(C)(C)[C@@H]1CCc2c(sc(N=Cc3ccc(-c4cc(C(=O)O)ccc4Cl)o3)c2C(=O)Nc2ccccc2)C1. The van der Waals surface area contributed by atoms with Crippen LogP contribution in [0.2, 0.25) is 5.02 Å². The first kappa shape index (κ1) is 26.9. The summed E-state index contributed by atoms with van der Waals surface area (Å²) in [6.07, 6.45) is 4.38. The molecule has 0 bridgehead atoms. The predicted octanol–water partition coefficient (Wildman–Crippen LogP) is 8.51. The van der Waals surface area contributed by atoms with Gasteiger partial charge in [-0.2, -0.15) is 0 Å². The van der Waals surface area contributed by atoms with Gasteiger partial charge in [0.1, 0.15) is 16.5 Å². The Morgan fingerprint density at radius 2 is 1.90 bits per heavy atom. The highest BCUT2D eigenvalue weighted by molar-refractivity contribution is 7.16. The van der Waals surface area contributed by atoms with Crippen LogP contribution in [0.3, 0.4) is 0 Å². The Morgan fingerprint density at radius 3 is 2.62 bits per heavy atom. The van der Waals surface area contributed by atoms with Gasteiger partial charge >= 0.3 is 5.97 Å². The number of amides is 1. The number of carbonyl (C=O) groups excluding carboxylic acids is 1. The minimum Gasteiger partial charge on any atom is -0.478 e. The van der Waals surface area contributed by atoms with Crippen LogP contribution in [0, 0.1) is 11.3 Å². The second-order valence-electron chi connectivity index (χ2n) is 10.8. The molecule has 0 saturated carbocycles. The molecule has 8 heteroatoms. The minimum absolute atomic E-state index is 0.118. The van der Waals surface area contributed by atoms with Gasteiger partial charge in [0, 0.05) is 16.1 Å². The molecule has 39 heavy (non-hydrogen) atoms. The van der Waals surface area contributed by atoms with Crippen LogP contribution in [0.25, 0.3) is 11.3 Å². The van der Waals surface area contributed by atoms with E-state index in [-0.39, 0.29) is 16.9 Å². The van der Waals surface area contributed by atoms with Crippen molar-refractivity contribution in [2.45, 2.75) is 40.0 Å². The van der Waals surface area contributed by atoms with Crippen LogP contribution in [-0.4, -0.2) is 23.2 Å². The van der Waals surface area contributed by atoms with Gasteiger partial charge in [-0.15, -0.1) is 11.3 Å². The van der Waals surface area contributed by atoms with E-state index in [0.717, 1.165) is 30.5 Å². The topological polar surface area (TPSA) is 91.9 Å². The predicted molar refractivity (Wildman–Crippen MR) is 157 cm³/mol. The molecule has 2 N–H and O–H groups in total. The maximum absolute atomic E-state index is 13.5. The lowest BCUT2D eigenvalue weighted by Crippen LogP contribution is -2.27. The molecule has 0 saturated heterocycles. The first-order valence-corrected chi connectivity index (χ1v) is 14.0. The zero-order valence-electron chi connectivity index (χ0n) is 22.0. The molecule has 2 aromatic heterocycles. The van der Waals surface area contributed by atoms with Crippen molar-refractivity contribution in [3.8, 4) is 11.3 Å². The molecule has 2 aromatic carbocycles. The third kappa shape index (κ3) is 5.84. The minimum atomic E-state index is -1.04. The Balaban J connectivity index is 1.47. The number of furan rings is 1. The number of aliphatic imine (C=N–C) groups is 1. The van der Waals surface area contributed by atoms with Crippen LogP contribution in [0.15, 0.2) is 70.1 Å². The summed E-state index contributed by atoms with van der Waals surface area (Å²) in [5.74, 6) is 0.222. The molecule has 1 atom stereocenters. The number of carboxylic acid groups (broad SMARTS) is 1. The van der Waals surface area contributed by atoms with Crippen molar-refractivity contribution < 1.29 is 19.1 Å². The van der Waals surface area contributed by atoms with Crippen LogP contribution in [0.5, 0.6) is 0 Å². The lowest BCUT2D eigenvalue weighted by atomic mass is 9.72. The maximum Gasteiger partial charge on any atom is 0.335 e. The number of rotatable bonds is 6.